The molecule has 11 heavy (non-hydrogen) atoms. The highest BCUT2D eigenvalue weighted by Gasteiger charge is 2.24. The van der Waals surface area contributed by atoms with Gasteiger partial charge in [0.15, 0.2) is 17.9 Å². The fourth-order valence-electron chi connectivity index (χ4n) is 0.985. The molecule has 0 aliphatic rings. The second kappa shape index (κ2) is 3.04. The van der Waals surface area contributed by atoms with Gasteiger partial charge in [-0.05, 0) is 0 Å². The molecule has 0 aliphatic heterocycles. The number of aromatic nitrogens is 1. The van der Waals surface area contributed by atoms with E-state index in [1.54, 1.807) is 0 Å². The third-order valence-electron chi connectivity index (χ3n) is 2.28. The maximum Gasteiger partial charge on any atom is 0.169 e. The number of nitrogens with zero attached hydrogens (tertiary/aromatic N) is 1. The molecule has 1 rings (SSSR count). The highest BCUT2D eigenvalue weighted by Crippen LogP contribution is 2.09. The summed E-state index contributed by atoms with van der Waals surface area (Å²) in [4.78, 5) is 0. The minimum Gasteiger partial charge on any atom is -0.200 e. The monoisotopic (exact) mass is 150 g/mol. The van der Waals surface area contributed by atoms with E-state index < -0.39 is 0 Å². The standard InChI is InChI=1S/C10H16N/c1-4-10(2,3)11-8-6-5-7-9-11/h5-9H,4H2,1-3H3/q+1. The second-order valence-electron chi connectivity index (χ2n) is 3.45. The third kappa shape index (κ3) is 1.79. The van der Waals surface area contributed by atoms with Gasteiger partial charge in [0.25, 0.3) is 0 Å². The molecule has 0 radical (unpaired) electrons. The topological polar surface area (TPSA) is 3.88 Å². The fourth-order valence-corrected chi connectivity index (χ4v) is 0.985. The molecule has 0 N–H and O–H groups in total. The van der Waals surface area contributed by atoms with Gasteiger partial charge in [-0.1, -0.05) is 13.0 Å². The van der Waals surface area contributed by atoms with Gasteiger partial charge in [0, 0.05) is 32.4 Å². The first kappa shape index (κ1) is 8.25. The molecule has 1 aromatic heterocycles. The van der Waals surface area contributed by atoms with E-state index in [1.165, 1.54) is 0 Å². The summed E-state index contributed by atoms with van der Waals surface area (Å²) in [5.74, 6) is 0. The van der Waals surface area contributed by atoms with E-state index in [2.05, 4.69) is 49.9 Å². The third-order valence-corrected chi connectivity index (χ3v) is 2.28. The molecule has 0 spiro atoms. The number of pyridine rings is 1. The Bertz CT molecular complexity index is 214. The summed E-state index contributed by atoms with van der Waals surface area (Å²) in [5.41, 5.74) is 0.251. The average Bonchev–Trinajstić information content (AvgIpc) is 2.06. The first-order chi connectivity index (χ1) is 5.17. The Morgan fingerprint density at radius 2 is 1.64 bits per heavy atom. The van der Waals surface area contributed by atoms with Gasteiger partial charge in [-0.3, -0.25) is 0 Å². The maximum atomic E-state index is 2.24. The molecule has 0 unspecified atom stereocenters. The zero-order chi connectivity index (χ0) is 8.32. The molecule has 60 valence electrons. The Morgan fingerprint density at radius 3 is 2.09 bits per heavy atom. The van der Waals surface area contributed by atoms with Crippen LogP contribution in [0.2, 0.25) is 0 Å². The van der Waals surface area contributed by atoms with Crippen molar-refractivity contribution < 1.29 is 4.57 Å². The van der Waals surface area contributed by atoms with Crippen LogP contribution in [0.15, 0.2) is 30.6 Å². The predicted octanol–water partition coefficient (Wildman–Crippen LogP) is 2.12. The van der Waals surface area contributed by atoms with Crippen molar-refractivity contribution in [3.05, 3.63) is 30.6 Å². The molecule has 0 aliphatic carbocycles. The minimum absolute atomic E-state index is 0.251. The van der Waals surface area contributed by atoms with E-state index in [0.717, 1.165) is 6.42 Å². The van der Waals surface area contributed by atoms with E-state index in [1.807, 2.05) is 6.07 Å². The summed E-state index contributed by atoms with van der Waals surface area (Å²) >= 11 is 0. The normalized spacial score (nSPS) is 11.5. The SMILES string of the molecule is CCC(C)(C)[n+]1ccccc1. The van der Waals surface area contributed by atoms with Gasteiger partial charge in [0.05, 0.1) is 0 Å². The fraction of sp³-hybridized carbons (Fsp3) is 0.500. The van der Waals surface area contributed by atoms with Crippen molar-refractivity contribution in [2.45, 2.75) is 32.7 Å². The summed E-state index contributed by atoms with van der Waals surface area (Å²) in [6.07, 6.45) is 5.38. The molecule has 0 saturated heterocycles. The highest BCUT2D eigenvalue weighted by molar-refractivity contribution is 4.84. The van der Waals surface area contributed by atoms with Crippen molar-refractivity contribution in [1.29, 1.82) is 0 Å². The molecule has 0 saturated carbocycles. The van der Waals surface area contributed by atoms with Gasteiger partial charge in [0.2, 0.25) is 0 Å². The van der Waals surface area contributed by atoms with Crippen LogP contribution >= 0.6 is 0 Å². The molecule has 0 aromatic carbocycles. The van der Waals surface area contributed by atoms with E-state index >= 15 is 0 Å². The van der Waals surface area contributed by atoms with Gasteiger partial charge in [0.1, 0.15) is 0 Å². The van der Waals surface area contributed by atoms with E-state index in [-0.39, 0.29) is 5.54 Å². The summed E-state index contributed by atoms with van der Waals surface area (Å²) in [6, 6.07) is 6.18. The highest BCUT2D eigenvalue weighted by atomic mass is 15.0. The molecule has 0 fully saturated rings. The summed E-state index contributed by atoms with van der Waals surface area (Å²) in [6.45, 7) is 6.69. The molecule has 1 nitrogen and oxygen atoms in total. The van der Waals surface area contributed by atoms with Crippen molar-refractivity contribution in [2.24, 2.45) is 0 Å². The Labute approximate surface area is 68.7 Å². The molecule has 1 heteroatoms. The summed E-state index contributed by atoms with van der Waals surface area (Å²) in [5, 5.41) is 0. The lowest BCUT2D eigenvalue weighted by molar-refractivity contribution is -0.758. The Hall–Kier alpha value is -0.850. The van der Waals surface area contributed by atoms with Gasteiger partial charge < -0.3 is 0 Å². The van der Waals surface area contributed by atoms with E-state index in [4.69, 9.17) is 0 Å². The zero-order valence-electron chi connectivity index (χ0n) is 7.54. The Balaban J connectivity index is 2.93. The molecule has 0 atom stereocenters. The van der Waals surface area contributed by atoms with Crippen LogP contribution < -0.4 is 4.57 Å². The van der Waals surface area contributed by atoms with Crippen molar-refractivity contribution >= 4 is 0 Å². The van der Waals surface area contributed by atoms with Gasteiger partial charge >= 0.3 is 0 Å². The largest absolute Gasteiger partial charge is 0.200 e. The van der Waals surface area contributed by atoms with E-state index in [0.29, 0.717) is 0 Å². The average molecular weight is 150 g/mol. The van der Waals surface area contributed by atoms with Crippen LogP contribution in [0.4, 0.5) is 0 Å². The van der Waals surface area contributed by atoms with Crippen LogP contribution in [0.5, 0.6) is 0 Å². The summed E-state index contributed by atoms with van der Waals surface area (Å²) in [7, 11) is 0. The molecule has 1 aromatic rings. The Morgan fingerprint density at radius 1 is 1.09 bits per heavy atom. The number of hydrogen-bond acceptors (Lipinski definition) is 0. The molecule has 1 heterocycles. The lowest BCUT2D eigenvalue weighted by Crippen LogP contribution is -2.51. The van der Waals surface area contributed by atoms with Crippen molar-refractivity contribution in [2.75, 3.05) is 0 Å². The van der Waals surface area contributed by atoms with Crippen molar-refractivity contribution in [1.82, 2.24) is 0 Å². The first-order valence-electron chi connectivity index (χ1n) is 4.13. The number of hydrogen-bond donors (Lipinski definition) is 0. The number of rotatable bonds is 2. The quantitative estimate of drug-likeness (QED) is 0.568. The molecule has 0 bridgehead atoms. The van der Waals surface area contributed by atoms with Gasteiger partial charge in [-0.25, -0.2) is 4.57 Å². The van der Waals surface area contributed by atoms with Crippen molar-refractivity contribution in [3.8, 4) is 0 Å². The smallest absolute Gasteiger partial charge is 0.169 e. The predicted molar refractivity (Wildman–Crippen MR) is 46.3 cm³/mol. The van der Waals surface area contributed by atoms with Crippen LogP contribution in [0.1, 0.15) is 27.2 Å². The molecular weight excluding hydrogens is 134 g/mol. The van der Waals surface area contributed by atoms with Crippen LogP contribution in [-0.4, -0.2) is 0 Å². The lowest BCUT2D eigenvalue weighted by atomic mass is 10.0. The van der Waals surface area contributed by atoms with Crippen molar-refractivity contribution in [3.63, 3.8) is 0 Å². The van der Waals surface area contributed by atoms with Gasteiger partial charge in [-0.15, -0.1) is 0 Å². The Kier molecular flexibility index (Phi) is 2.28. The van der Waals surface area contributed by atoms with Gasteiger partial charge in [-0.2, -0.15) is 0 Å². The maximum absolute atomic E-state index is 2.24. The van der Waals surface area contributed by atoms with Crippen LogP contribution in [-0.2, 0) is 5.54 Å². The molecular formula is C10H16N+. The minimum atomic E-state index is 0.251. The lowest BCUT2D eigenvalue weighted by Gasteiger charge is -2.16. The second-order valence-corrected chi connectivity index (χ2v) is 3.45. The summed E-state index contributed by atoms with van der Waals surface area (Å²) < 4.78 is 2.24. The van der Waals surface area contributed by atoms with E-state index in [9.17, 15) is 0 Å². The molecule has 0 amide bonds. The van der Waals surface area contributed by atoms with Crippen LogP contribution in [0.3, 0.4) is 0 Å². The zero-order valence-corrected chi connectivity index (χ0v) is 7.54. The first-order valence-corrected chi connectivity index (χ1v) is 4.13. The van der Waals surface area contributed by atoms with Crippen LogP contribution in [0, 0.1) is 0 Å². The van der Waals surface area contributed by atoms with Crippen LogP contribution in [0.25, 0.3) is 0 Å².